The predicted molar refractivity (Wildman–Crippen MR) is 474 cm³/mol. The van der Waals surface area contributed by atoms with Gasteiger partial charge in [-0.1, -0.05) is 111 Å². The Labute approximate surface area is 702 Å². The molecule has 0 aliphatic carbocycles. The standard InChI is InChI=1S/C33H42N8O3.C28H33N7O3.C28H35N7O3/c1-4-33(42)37-26-20-27(30(43-3)21-29(26)40-13-10-25(11-14-40)39-17-15-38(2)16-18-39)36-31-22-32(35-23-34-31)41-28(12-19-44-41)24-8-6-5-7-9-24;1-4-28(36)32-21-16-22(25(37-3)17-24(21)34-13-11-33(2)12-14-34)31-26-18-27(30-19-29-26)35-23(10-15-38-35)20-8-6-5-7-9-20;1-6-28(36)32-21-16-22(25(37-5)17-24(21)34(4)14-13-33(2)3)31-26-18-27(30-19-29-26)35-23(12-15-38-35)20-10-8-7-9-11-20/h4-9,20-23,25,28H,1,10-19H2,2-3H3,(H,37,42)(H,34,35,36);4-9,16-19,23H,1,10-15H2,2-3H3,(H,32,36)(H,29,30,31);6-11,16-19,23H,1,12-15H2,2-5H3,(H,32,36)(H,29,30,31)/t28-;2*23-/m111/s1. The number of carbonyl (C=O) groups excluding carboxylic acids is 3. The van der Waals surface area contributed by atoms with Crippen LogP contribution in [0.4, 0.5) is 86.1 Å². The zero-order chi connectivity index (χ0) is 84.0. The molecule has 3 atom stereocenters. The zero-order valence-electron chi connectivity index (χ0n) is 69.7. The maximum atomic E-state index is 12.5. The van der Waals surface area contributed by atoms with Gasteiger partial charge in [0.2, 0.25) is 17.7 Å². The van der Waals surface area contributed by atoms with Gasteiger partial charge in [0.1, 0.15) is 53.7 Å². The number of nitrogens with zero attached hydrogens (tertiary/aromatic N) is 16. The lowest BCUT2D eigenvalue weighted by Crippen LogP contribution is -2.52. The van der Waals surface area contributed by atoms with E-state index in [1.165, 1.54) is 48.3 Å². The van der Waals surface area contributed by atoms with E-state index in [1.807, 2.05) is 146 Å². The second-order valence-corrected chi connectivity index (χ2v) is 30.1. The summed E-state index contributed by atoms with van der Waals surface area (Å²) in [6.45, 7) is 24.1. The van der Waals surface area contributed by atoms with Crippen LogP contribution in [-0.4, -0.2) is 228 Å². The van der Waals surface area contributed by atoms with Crippen LogP contribution in [0.15, 0.2) is 203 Å². The maximum Gasteiger partial charge on any atom is 0.247 e. The van der Waals surface area contributed by atoms with E-state index in [2.05, 4.69) is 166 Å². The summed E-state index contributed by atoms with van der Waals surface area (Å²) in [6, 6.07) is 48.5. The average Bonchev–Trinajstić information content (AvgIpc) is 1.25. The summed E-state index contributed by atoms with van der Waals surface area (Å²) in [5, 5.41) is 24.5. The molecule has 6 saturated heterocycles. The number of methoxy groups -OCH3 is 3. The number of anilines is 15. The first-order valence-electron chi connectivity index (χ1n) is 40.6. The van der Waals surface area contributed by atoms with E-state index in [9.17, 15) is 14.4 Å². The molecule has 3 amide bonds. The van der Waals surface area contributed by atoms with Gasteiger partial charge in [-0.3, -0.25) is 33.8 Å². The van der Waals surface area contributed by atoms with Crippen molar-refractivity contribution in [2.24, 2.45) is 0 Å². The molecule has 0 radical (unpaired) electrons. The van der Waals surface area contributed by atoms with Crippen molar-refractivity contribution < 1.29 is 43.1 Å². The number of hydrogen-bond donors (Lipinski definition) is 6. The number of hydrogen-bond acceptors (Lipinski definition) is 28. The van der Waals surface area contributed by atoms with Crippen molar-refractivity contribution in [1.82, 2.24) is 49.5 Å². The van der Waals surface area contributed by atoms with Gasteiger partial charge in [-0.05, 0) is 94.1 Å². The lowest BCUT2D eigenvalue weighted by atomic mass is 10.0. The number of hydroxylamine groups is 3. The highest BCUT2D eigenvalue weighted by Crippen LogP contribution is 2.45. The third-order valence-corrected chi connectivity index (χ3v) is 22.0. The lowest BCUT2D eigenvalue weighted by Gasteiger charge is -2.43. The number of ether oxygens (including phenoxy) is 3. The molecule has 6 aliphatic rings. The first-order chi connectivity index (χ1) is 58.5. The number of piperidine rings is 1. The molecule has 15 rings (SSSR count). The van der Waals surface area contributed by atoms with E-state index >= 15 is 0 Å². The van der Waals surface area contributed by atoms with Crippen molar-refractivity contribution in [3.05, 3.63) is 219 Å². The van der Waals surface area contributed by atoms with E-state index in [1.54, 1.807) is 21.3 Å². The fraction of sp³-hybridized carbons (Fsp3) is 0.360. The number of likely N-dealkylation sites (N-methyl/N-ethyl adjacent to an activating group) is 4. The summed E-state index contributed by atoms with van der Waals surface area (Å²) in [6.07, 6.45) is 13.1. The molecule has 9 heterocycles. The Balaban J connectivity index is 0.000000156. The highest BCUT2D eigenvalue weighted by Gasteiger charge is 2.34. The first-order valence-corrected chi connectivity index (χ1v) is 40.6. The van der Waals surface area contributed by atoms with Crippen LogP contribution in [-0.2, 0) is 28.9 Å². The number of nitrogens with one attached hydrogen (secondary N) is 6. The molecule has 6 aromatic carbocycles. The summed E-state index contributed by atoms with van der Waals surface area (Å²) in [5.74, 6) is 4.72. The molecule has 0 spiro atoms. The number of carbonyl (C=O) groups is 3. The second kappa shape index (κ2) is 41.3. The molecule has 0 bridgehead atoms. The van der Waals surface area contributed by atoms with Gasteiger partial charge in [0, 0.05) is 147 Å². The molecule has 120 heavy (non-hydrogen) atoms. The third kappa shape index (κ3) is 21.7. The van der Waals surface area contributed by atoms with Gasteiger partial charge >= 0.3 is 0 Å². The normalized spacial score (nSPS) is 17.7. The molecular formula is C89H110N22O9. The summed E-state index contributed by atoms with van der Waals surface area (Å²) < 4.78 is 17.3. The SMILES string of the molecule is C=CC(=O)Nc1cc(Nc2cc(N3OCC[C@@H]3c3ccccc3)ncn2)c(OC)cc1N(C)CCN(C)C.C=CC(=O)Nc1cc(Nc2cc(N3OCC[C@@H]3c3ccccc3)ncn2)c(OC)cc1N1CCC(N2CCN(C)CC2)CC1.C=CC(=O)Nc1cc(Nc2cc(N3OCC[C@@H]3c3ccccc3)ncn2)c(OC)cc1N1CCN(C)CC1. The Kier molecular flexibility index (Phi) is 29.4. The van der Waals surface area contributed by atoms with Crippen LogP contribution >= 0.6 is 0 Å². The summed E-state index contributed by atoms with van der Waals surface area (Å²) >= 11 is 0. The Morgan fingerprint density at radius 1 is 0.425 bits per heavy atom. The Bertz CT molecular complexity index is 4940. The number of piperazine rings is 2. The van der Waals surface area contributed by atoms with Crippen molar-refractivity contribution in [3.8, 4) is 17.2 Å². The van der Waals surface area contributed by atoms with E-state index in [-0.39, 0.29) is 35.8 Å². The number of aromatic nitrogens is 6. The summed E-state index contributed by atoms with van der Waals surface area (Å²) in [7, 11) is 15.2. The smallest absolute Gasteiger partial charge is 0.247 e. The predicted octanol–water partition coefficient (Wildman–Crippen LogP) is 12.7. The fourth-order valence-corrected chi connectivity index (χ4v) is 15.4. The van der Waals surface area contributed by atoms with Crippen molar-refractivity contribution in [1.29, 1.82) is 0 Å². The van der Waals surface area contributed by atoms with E-state index < -0.39 is 0 Å². The molecule has 0 saturated carbocycles. The van der Waals surface area contributed by atoms with Gasteiger partial charge in [0.05, 0.1) is 110 Å². The molecule has 9 aromatic rings. The van der Waals surface area contributed by atoms with Gasteiger partial charge in [0.15, 0.2) is 17.5 Å². The van der Waals surface area contributed by atoms with Gasteiger partial charge in [-0.2, -0.15) is 0 Å². The minimum Gasteiger partial charge on any atom is -0.494 e. The van der Waals surface area contributed by atoms with E-state index in [0.717, 1.165) is 133 Å². The van der Waals surface area contributed by atoms with Crippen molar-refractivity contribution >= 4 is 104 Å². The van der Waals surface area contributed by atoms with Crippen LogP contribution in [0.3, 0.4) is 0 Å². The lowest BCUT2D eigenvalue weighted by molar-refractivity contribution is -0.112. The molecule has 3 aromatic heterocycles. The van der Waals surface area contributed by atoms with Crippen molar-refractivity contribution in [3.63, 3.8) is 0 Å². The van der Waals surface area contributed by atoms with E-state index in [4.69, 9.17) is 28.7 Å². The van der Waals surface area contributed by atoms with Crippen LogP contribution in [0.1, 0.15) is 66.9 Å². The van der Waals surface area contributed by atoms with Gasteiger partial charge in [-0.25, -0.2) is 45.1 Å². The van der Waals surface area contributed by atoms with Crippen LogP contribution in [0.5, 0.6) is 17.2 Å². The molecule has 6 aliphatic heterocycles. The minimum atomic E-state index is -0.300. The molecule has 31 nitrogen and oxygen atoms in total. The highest BCUT2D eigenvalue weighted by atomic mass is 16.7. The Hall–Kier alpha value is -12.5. The highest BCUT2D eigenvalue weighted by molar-refractivity contribution is 6.04. The van der Waals surface area contributed by atoms with E-state index in [0.29, 0.717) is 112 Å². The van der Waals surface area contributed by atoms with Crippen molar-refractivity contribution in [2.45, 2.75) is 56.3 Å². The largest absolute Gasteiger partial charge is 0.494 e. The van der Waals surface area contributed by atoms with Gasteiger partial charge in [0.25, 0.3) is 0 Å². The monoisotopic (exact) mass is 1630 g/mol. The number of benzene rings is 6. The maximum absolute atomic E-state index is 12.5. The number of amides is 3. The molecule has 6 fully saturated rings. The fourth-order valence-electron chi connectivity index (χ4n) is 15.4. The van der Waals surface area contributed by atoms with Crippen LogP contribution in [0, 0.1) is 0 Å². The summed E-state index contributed by atoms with van der Waals surface area (Å²) in [4.78, 5) is 97.7. The zero-order valence-corrected chi connectivity index (χ0v) is 69.7. The average molecular weight is 1630 g/mol. The molecular weight excluding hydrogens is 1520 g/mol. The Morgan fingerprint density at radius 2 is 0.775 bits per heavy atom. The third-order valence-electron chi connectivity index (χ3n) is 22.0. The van der Waals surface area contributed by atoms with Gasteiger partial charge < -0.3 is 75.5 Å². The Morgan fingerprint density at radius 3 is 1.14 bits per heavy atom. The van der Waals surface area contributed by atoms with Crippen LogP contribution in [0.25, 0.3) is 0 Å². The number of rotatable bonds is 28. The van der Waals surface area contributed by atoms with Gasteiger partial charge in [-0.15, -0.1) is 0 Å². The molecule has 630 valence electrons. The van der Waals surface area contributed by atoms with Crippen LogP contribution in [0.2, 0.25) is 0 Å². The quantitative estimate of drug-likeness (QED) is 0.0248. The first kappa shape index (κ1) is 85.4. The molecule has 31 heteroatoms. The molecule has 6 N–H and O–H groups in total. The van der Waals surface area contributed by atoms with Crippen LogP contribution < -0.4 is 76.0 Å². The van der Waals surface area contributed by atoms with Crippen molar-refractivity contribution in [2.75, 3.05) is 217 Å². The second-order valence-electron chi connectivity index (χ2n) is 30.1. The summed E-state index contributed by atoms with van der Waals surface area (Å²) in [5.41, 5.74) is 10.1. The topological polar surface area (TPSA) is 289 Å². The minimum absolute atomic E-state index is 0.0613. The molecule has 0 unspecified atom stereocenters.